The first-order valence-electron chi connectivity index (χ1n) is 4.92. The lowest BCUT2D eigenvalue weighted by Crippen LogP contribution is -2.43. The molecule has 16 heavy (non-hydrogen) atoms. The molecule has 1 saturated heterocycles. The number of nitrogens with one attached hydrogen (secondary N) is 1. The standard InChI is InChI=1S/C11H10ClFN2.ClH/c12-10-6-15(8-4-14-5-8)11-2-1-7(13)3-9(10)11;/h1-3,6,8,14H,4-5H2;1H. The Bertz CT molecular complexity index is 520. The summed E-state index contributed by atoms with van der Waals surface area (Å²) in [5, 5.41) is 4.62. The van der Waals surface area contributed by atoms with Gasteiger partial charge in [0.25, 0.3) is 0 Å². The first-order chi connectivity index (χ1) is 7.25. The first kappa shape index (κ1) is 11.7. The van der Waals surface area contributed by atoms with E-state index in [0.29, 0.717) is 11.1 Å². The molecule has 5 heteroatoms. The van der Waals surface area contributed by atoms with Crippen LogP contribution in [0.1, 0.15) is 6.04 Å². The van der Waals surface area contributed by atoms with Gasteiger partial charge in [0.1, 0.15) is 5.82 Å². The molecule has 0 amide bonds. The quantitative estimate of drug-likeness (QED) is 0.835. The van der Waals surface area contributed by atoms with E-state index >= 15 is 0 Å². The number of halogens is 3. The third kappa shape index (κ3) is 1.69. The summed E-state index contributed by atoms with van der Waals surface area (Å²) in [4.78, 5) is 0. The Labute approximate surface area is 104 Å². The maximum Gasteiger partial charge on any atom is 0.124 e. The van der Waals surface area contributed by atoms with Crippen LogP contribution in [0.3, 0.4) is 0 Å². The van der Waals surface area contributed by atoms with E-state index < -0.39 is 0 Å². The van der Waals surface area contributed by atoms with Crippen molar-refractivity contribution in [3.8, 4) is 0 Å². The van der Waals surface area contributed by atoms with E-state index in [1.165, 1.54) is 12.1 Å². The van der Waals surface area contributed by atoms with Crippen LogP contribution in [0.15, 0.2) is 24.4 Å². The van der Waals surface area contributed by atoms with Gasteiger partial charge < -0.3 is 9.88 Å². The van der Waals surface area contributed by atoms with Crippen LogP contribution < -0.4 is 5.32 Å². The fourth-order valence-electron chi connectivity index (χ4n) is 1.96. The smallest absolute Gasteiger partial charge is 0.124 e. The molecule has 0 radical (unpaired) electrons. The number of nitrogens with zero attached hydrogens (tertiary/aromatic N) is 1. The Kier molecular flexibility index (Phi) is 3.10. The molecule has 1 aromatic carbocycles. The topological polar surface area (TPSA) is 17.0 Å². The van der Waals surface area contributed by atoms with E-state index in [9.17, 15) is 4.39 Å². The zero-order valence-electron chi connectivity index (χ0n) is 8.41. The summed E-state index contributed by atoms with van der Waals surface area (Å²) in [5.41, 5.74) is 1.01. The van der Waals surface area contributed by atoms with Crippen LogP contribution >= 0.6 is 24.0 Å². The molecule has 0 spiro atoms. The molecule has 1 aliphatic rings. The summed E-state index contributed by atoms with van der Waals surface area (Å²) in [6, 6.07) is 5.20. The molecular weight excluding hydrogens is 250 g/mol. The van der Waals surface area contributed by atoms with Gasteiger partial charge in [-0.05, 0) is 18.2 Å². The molecule has 0 saturated carbocycles. The Morgan fingerprint density at radius 1 is 1.38 bits per heavy atom. The van der Waals surface area contributed by atoms with Gasteiger partial charge in [-0.25, -0.2) is 4.39 Å². The Balaban J connectivity index is 0.000000963. The van der Waals surface area contributed by atoms with Gasteiger partial charge >= 0.3 is 0 Å². The third-order valence-electron chi connectivity index (χ3n) is 2.90. The summed E-state index contributed by atoms with van der Waals surface area (Å²) >= 11 is 6.07. The minimum Gasteiger partial charge on any atom is -0.340 e. The van der Waals surface area contributed by atoms with Crippen LogP contribution in [-0.2, 0) is 0 Å². The van der Waals surface area contributed by atoms with Crippen LogP contribution in [0.5, 0.6) is 0 Å². The zero-order chi connectivity index (χ0) is 10.4. The molecule has 2 heterocycles. The number of fused-ring (bicyclic) bond motifs is 1. The highest BCUT2D eigenvalue weighted by atomic mass is 35.5. The van der Waals surface area contributed by atoms with E-state index in [2.05, 4.69) is 9.88 Å². The van der Waals surface area contributed by atoms with Gasteiger partial charge in [0.2, 0.25) is 0 Å². The van der Waals surface area contributed by atoms with Crippen LogP contribution in [0.25, 0.3) is 10.9 Å². The fourth-order valence-corrected chi connectivity index (χ4v) is 2.21. The maximum atomic E-state index is 13.0. The molecule has 86 valence electrons. The molecular formula is C11H11Cl2FN2. The predicted molar refractivity (Wildman–Crippen MR) is 66.1 cm³/mol. The van der Waals surface area contributed by atoms with Gasteiger partial charge in [0.15, 0.2) is 0 Å². The van der Waals surface area contributed by atoms with Crippen LogP contribution in [0, 0.1) is 5.82 Å². The lowest BCUT2D eigenvalue weighted by Gasteiger charge is -2.29. The molecule has 3 rings (SSSR count). The average molecular weight is 261 g/mol. The van der Waals surface area contributed by atoms with Gasteiger partial charge in [0, 0.05) is 24.7 Å². The lowest BCUT2D eigenvalue weighted by molar-refractivity contribution is 0.352. The van der Waals surface area contributed by atoms with E-state index in [0.717, 1.165) is 24.0 Å². The van der Waals surface area contributed by atoms with Crippen molar-refractivity contribution >= 4 is 34.9 Å². The van der Waals surface area contributed by atoms with E-state index in [1.807, 2.05) is 6.20 Å². The summed E-state index contributed by atoms with van der Waals surface area (Å²) in [6.07, 6.45) is 1.89. The van der Waals surface area contributed by atoms with Crippen molar-refractivity contribution in [2.75, 3.05) is 13.1 Å². The van der Waals surface area contributed by atoms with E-state index in [4.69, 9.17) is 11.6 Å². The molecule has 1 aromatic heterocycles. The summed E-state index contributed by atoms with van der Waals surface area (Å²) in [7, 11) is 0. The largest absolute Gasteiger partial charge is 0.340 e. The summed E-state index contributed by atoms with van der Waals surface area (Å²) in [5.74, 6) is -0.242. The minimum atomic E-state index is -0.242. The van der Waals surface area contributed by atoms with Gasteiger partial charge in [-0.15, -0.1) is 12.4 Å². The van der Waals surface area contributed by atoms with Crippen molar-refractivity contribution in [3.05, 3.63) is 35.2 Å². The van der Waals surface area contributed by atoms with E-state index in [-0.39, 0.29) is 18.2 Å². The lowest BCUT2D eigenvalue weighted by atomic mass is 10.1. The Morgan fingerprint density at radius 2 is 2.12 bits per heavy atom. The van der Waals surface area contributed by atoms with Crippen molar-refractivity contribution < 1.29 is 4.39 Å². The van der Waals surface area contributed by atoms with Gasteiger partial charge in [-0.3, -0.25) is 0 Å². The Morgan fingerprint density at radius 3 is 2.75 bits per heavy atom. The van der Waals surface area contributed by atoms with Gasteiger partial charge in [-0.2, -0.15) is 0 Å². The second-order valence-corrected chi connectivity index (χ2v) is 4.27. The van der Waals surface area contributed by atoms with Crippen LogP contribution in [0.4, 0.5) is 4.39 Å². The Hall–Kier alpha value is -0.770. The molecule has 0 aliphatic carbocycles. The fraction of sp³-hybridized carbons (Fsp3) is 0.273. The van der Waals surface area contributed by atoms with Crippen LogP contribution in [-0.4, -0.2) is 17.7 Å². The maximum absolute atomic E-state index is 13.0. The van der Waals surface area contributed by atoms with Crippen LogP contribution in [0.2, 0.25) is 5.02 Å². The van der Waals surface area contributed by atoms with Crippen molar-refractivity contribution in [2.24, 2.45) is 0 Å². The average Bonchev–Trinajstić information content (AvgIpc) is 2.41. The summed E-state index contributed by atoms with van der Waals surface area (Å²) < 4.78 is 15.2. The molecule has 2 nitrogen and oxygen atoms in total. The zero-order valence-corrected chi connectivity index (χ0v) is 9.98. The molecule has 0 atom stereocenters. The molecule has 1 aliphatic heterocycles. The highest BCUT2D eigenvalue weighted by Gasteiger charge is 2.21. The SMILES string of the molecule is Cl.Fc1ccc2c(c1)c(Cl)cn2C1CNC1. The number of hydrogen-bond acceptors (Lipinski definition) is 1. The third-order valence-corrected chi connectivity index (χ3v) is 3.20. The van der Waals surface area contributed by atoms with Crippen molar-refractivity contribution in [1.29, 1.82) is 0 Å². The number of benzene rings is 1. The second kappa shape index (κ2) is 4.24. The minimum absolute atomic E-state index is 0. The molecule has 0 unspecified atom stereocenters. The molecule has 0 bridgehead atoms. The predicted octanol–water partition coefficient (Wildman–Crippen LogP) is 3.00. The van der Waals surface area contributed by atoms with Gasteiger partial charge in [0.05, 0.1) is 16.6 Å². The monoisotopic (exact) mass is 260 g/mol. The van der Waals surface area contributed by atoms with Crippen molar-refractivity contribution in [2.45, 2.75) is 6.04 Å². The van der Waals surface area contributed by atoms with Crippen molar-refractivity contribution in [3.63, 3.8) is 0 Å². The summed E-state index contributed by atoms with van der Waals surface area (Å²) in [6.45, 7) is 1.91. The molecule has 1 N–H and O–H groups in total. The van der Waals surface area contributed by atoms with E-state index in [1.54, 1.807) is 6.07 Å². The number of rotatable bonds is 1. The van der Waals surface area contributed by atoms with Crippen molar-refractivity contribution in [1.82, 2.24) is 9.88 Å². The normalized spacial score (nSPS) is 15.9. The highest BCUT2D eigenvalue weighted by Crippen LogP contribution is 2.30. The number of hydrogen-bond donors (Lipinski definition) is 1. The van der Waals surface area contributed by atoms with Gasteiger partial charge in [-0.1, -0.05) is 11.6 Å². The first-order valence-corrected chi connectivity index (χ1v) is 5.30. The molecule has 2 aromatic rings. The number of aromatic nitrogens is 1. The molecule has 1 fully saturated rings. The second-order valence-electron chi connectivity index (χ2n) is 3.86. The highest BCUT2D eigenvalue weighted by molar-refractivity contribution is 6.35.